The van der Waals surface area contributed by atoms with E-state index >= 15 is 0 Å². The van der Waals surface area contributed by atoms with Gasteiger partial charge in [-0.15, -0.1) is 46.6 Å². The normalized spacial score (nSPS) is 12.8. The van der Waals surface area contributed by atoms with Crippen LogP contribution in [-0.4, -0.2) is 20.0 Å². The molecule has 0 N–H and O–H groups in total. The Labute approximate surface area is 366 Å². The SMILES string of the molecule is Cc1cccc(C)c1-c1cc(Oc2[c-]c(C3(c4ccccn4)c4ccccc4Sc4ccccc43)ccc2)[c-]c(-n2cc(-c3c(C(C)C)cccc3C(C)C)nn2)c1.[Pt+2]. The van der Waals surface area contributed by atoms with Crippen molar-refractivity contribution in [2.24, 2.45) is 0 Å². The van der Waals surface area contributed by atoms with E-state index in [2.05, 4.69) is 175 Å². The molecule has 0 bridgehead atoms. The van der Waals surface area contributed by atoms with Gasteiger partial charge in [0.1, 0.15) is 5.69 Å². The van der Waals surface area contributed by atoms with Crippen LogP contribution in [-0.2, 0) is 26.5 Å². The molecule has 0 radical (unpaired) electrons. The van der Waals surface area contributed by atoms with E-state index in [9.17, 15) is 0 Å². The minimum absolute atomic E-state index is 0. The topological polar surface area (TPSA) is 52.8 Å². The number of ether oxygens (including phenoxy) is 1. The first kappa shape index (κ1) is 40.2. The molecule has 6 aromatic carbocycles. The number of fused-ring (bicyclic) bond motifs is 2. The molecule has 0 spiro atoms. The van der Waals surface area contributed by atoms with Crippen molar-refractivity contribution in [3.63, 3.8) is 0 Å². The summed E-state index contributed by atoms with van der Waals surface area (Å²) < 4.78 is 8.69. The number of rotatable bonds is 9. The van der Waals surface area contributed by atoms with Crippen LogP contribution in [0.5, 0.6) is 11.5 Å². The Morgan fingerprint density at radius 2 is 1.27 bits per heavy atom. The van der Waals surface area contributed by atoms with Gasteiger partial charge in [0, 0.05) is 33.1 Å². The van der Waals surface area contributed by atoms with Crippen LogP contribution in [0.15, 0.2) is 156 Å². The molecule has 294 valence electrons. The number of benzene rings is 6. The van der Waals surface area contributed by atoms with Crippen LogP contribution in [0.25, 0.3) is 28.1 Å². The number of aryl methyl sites for hydroxylation is 2. The minimum Gasteiger partial charge on any atom is -0.509 e. The summed E-state index contributed by atoms with van der Waals surface area (Å²) >= 11 is 1.80. The van der Waals surface area contributed by atoms with E-state index in [1.165, 1.54) is 43.2 Å². The summed E-state index contributed by atoms with van der Waals surface area (Å²) in [6.45, 7) is 13.2. The Bertz CT molecular complexity index is 2700. The van der Waals surface area contributed by atoms with Crippen molar-refractivity contribution in [2.45, 2.75) is 68.6 Å². The molecule has 3 heterocycles. The van der Waals surface area contributed by atoms with E-state index in [0.29, 0.717) is 23.3 Å². The monoisotopic (exact) mass is 967 g/mol. The van der Waals surface area contributed by atoms with Crippen LogP contribution < -0.4 is 4.74 Å². The fraction of sp³-hybridized carbons (Fsp3) is 0.173. The van der Waals surface area contributed by atoms with Gasteiger partial charge in [-0.1, -0.05) is 124 Å². The number of aromatic nitrogens is 4. The fourth-order valence-corrected chi connectivity index (χ4v) is 9.78. The Balaban J connectivity index is 0.00000484. The van der Waals surface area contributed by atoms with Crippen LogP contribution in [0.2, 0.25) is 0 Å². The van der Waals surface area contributed by atoms with Crippen molar-refractivity contribution in [3.05, 3.63) is 203 Å². The standard InChI is InChI=1S/C52H44N4OS.Pt/c1-33(2)42-20-15-21-43(34(3)4)51(42)46-32-56(55-54-46)39-28-37(50-35(5)16-13-17-36(50)6)29-41(31-39)57-40-19-14-18-38(30-40)52(49-26-11-12-27-53-49)44-22-7-9-24-47(44)58-48-25-10-8-23-45(48)52;/h7-29,32-34H,1-6H3;/q-2;+2. The van der Waals surface area contributed by atoms with Crippen LogP contribution in [0.3, 0.4) is 0 Å². The molecule has 0 atom stereocenters. The summed E-state index contributed by atoms with van der Waals surface area (Å²) in [4.78, 5) is 7.41. The van der Waals surface area contributed by atoms with Crippen molar-refractivity contribution < 1.29 is 25.8 Å². The maximum absolute atomic E-state index is 6.87. The molecule has 9 rings (SSSR count). The van der Waals surface area contributed by atoms with Gasteiger partial charge in [0.15, 0.2) is 0 Å². The van der Waals surface area contributed by atoms with Gasteiger partial charge in [0.2, 0.25) is 0 Å². The largest absolute Gasteiger partial charge is 2.00 e. The summed E-state index contributed by atoms with van der Waals surface area (Å²) in [5.74, 6) is 1.79. The van der Waals surface area contributed by atoms with Gasteiger partial charge in [-0.25, -0.2) is 4.68 Å². The molecule has 5 nitrogen and oxygen atoms in total. The molecule has 0 unspecified atom stereocenters. The smallest absolute Gasteiger partial charge is 0.509 e. The molecule has 8 aromatic rings. The number of hydrogen-bond acceptors (Lipinski definition) is 5. The maximum Gasteiger partial charge on any atom is 2.00 e. The van der Waals surface area contributed by atoms with Crippen molar-refractivity contribution >= 4 is 11.8 Å². The first-order valence-corrected chi connectivity index (χ1v) is 20.7. The molecule has 0 amide bonds. The fourth-order valence-electron chi connectivity index (χ4n) is 8.59. The Morgan fingerprint density at radius 3 is 1.92 bits per heavy atom. The molecule has 1 aliphatic rings. The first-order chi connectivity index (χ1) is 28.2. The average molecular weight is 968 g/mol. The van der Waals surface area contributed by atoms with Crippen molar-refractivity contribution in [1.29, 1.82) is 0 Å². The van der Waals surface area contributed by atoms with E-state index < -0.39 is 5.41 Å². The predicted octanol–water partition coefficient (Wildman–Crippen LogP) is 13.1. The third-order valence-corrected chi connectivity index (χ3v) is 12.4. The van der Waals surface area contributed by atoms with Crippen LogP contribution >= 0.6 is 11.8 Å². The second-order valence-corrected chi connectivity index (χ2v) is 16.7. The van der Waals surface area contributed by atoms with Crippen molar-refractivity contribution in [3.8, 4) is 39.6 Å². The molecule has 0 aliphatic carbocycles. The minimum atomic E-state index is -0.730. The van der Waals surface area contributed by atoms with E-state index in [1.54, 1.807) is 11.8 Å². The Kier molecular flexibility index (Phi) is 11.3. The number of hydrogen-bond donors (Lipinski definition) is 0. The van der Waals surface area contributed by atoms with Gasteiger partial charge in [0.25, 0.3) is 0 Å². The first-order valence-electron chi connectivity index (χ1n) is 19.9. The van der Waals surface area contributed by atoms with Gasteiger partial charge in [-0.05, 0) is 94.6 Å². The third kappa shape index (κ3) is 7.28. The van der Waals surface area contributed by atoms with E-state index in [4.69, 9.17) is 20.0 Å². The van der Waals surface area contributed by atoms with Gasteiger partial charge in [-0.2, -0.15) is 12.1 Å². The van der Waals surface area contributed by atoms with Crippen molar-refractivity contribution in [2.75, 3.05) is 0 Å². The van der Waals surface area contributed by atoms with Gasteiger partial charge in [-0.3, -0.25) is 4.98 Å². The Hall–Kier alpha value is -5.55. The summed E-state index contributed by atoms with van der Waals surface area (Å²) in [5, 5.41) is 9.49. The Morgan fingerprint density at radius 1 is 0.644 bits per heavy atom. The average Bonchev–Trinajstić information content (AvgIpc) is 3.73. The molecule has 7 heteroatoms. The van der Waals surface area contributed by atoms with E-state index in [-0.39, 0.29) is 21.1 Å². The molecule has 2 aromatic heterocycles. The predicted molar refractivity (Wildman–Crippen MR) is 234 cm³/mol. The molecule has 59 heavy (non-hydrogen) atoms. The van der Waals surface area contributed by atoms with Gasteiger partial charge >= 0.3 is 21.1 Å². The second-order valence-electron chi connectivity index (χ2n) is 15.6. The zero-order valence-electron chi connectivity index (χ0n) is 33.9. The zero-order chi connectivity index (χ0) is 40.0. The molecular weight excluding hydrogens is 924 g/mol. The van der Waals surface area contributed by atoms with Gasteiger partial charge < -0.3 is 4.74 Å². The van der Waals surface area contributed by atoms with Crippen LogP contribution in [0, 0.1) is 26.0 Å². The van der Waals surface area contributed by atoms with E-state index in [0.717, 1.165) is 39.3 Å². The summed E-state index contributed by atoms with van der Waals surface area (Å²) in [6, 6.07) is 54.1. The van der Waals surface area contributed by atoms with Gasteiger partial charge in [0.05, 0.1) is 17.3 Å². The zero-order valence-corrected chi connectivity index (χ0v) is 37.0. The van der Waals surface area contributed by atoms with Crippen LogP contribution in [0.4, 0.5) is 0 Å². The maximum atomic E-state index is 6.87. The van der Waals surface area contributed by atoms with E-state index in [1.807, 2.05) is 29.2 Å². The third-order valence-electron chi connectivity index (χ3n) is 11.2. The molecule has 0 saturated carbocycles. The number of nitrogens with zero attached hydrogens (tertiary/aromatic N) is 4. The summed E-state index contributed by atoms with van der Waals surface area (Å²) in [5.41, 5.74) is 13.2. The quantitative estimate of drug-likeness (QED) is 0.135. The second kappa shape index (κ2) is 16.6. The summed E-state index contributed by atoms with van der Waals surface area (Å²) in [7, 11) is 0. The van der Waals surface area contributed by atoms with Crippen molar-refractivity contribution in [1.82, 2.24) is 20.0 Å². The number of pyridine rings is 1. The molecule has 0 saturated heterocycles. The van der Waals surface area contributed by atoms with Crippen LogP contribution in [0.1, 0.15) is 84.2 Å². The molecular formula is C52H44N4OPtS. The molecule has 0 fully saturated rings. The molecule has 1 aliphatic heterocycles. The summed E-state index contributed by atoms with van der Waals surface area (Å²) in [6.07, 6.45) is 3.90.